The second-order valence-corrected chi connectivity index (χ2v) is 6.12. The van der Waals surface area contributed by atoms with Gasteiger partial charge in [0.25, 0.3) is 0 Å². The number of aromatic carboxylic acids is 1. The molecule has 10 nitrogen and oxygen atoms in total. The predicted molar refractivity (Wildman–Crippen MR) is 90.8 cm³/mol. The number of anilines is 1. The van der Waals surface area contributed by atoms with Crippen molar-refractivity contribution < 1.29 is 29.1 Å². The van der Waals surface area contributed by atoms with Crippen molar-refractivity contribution in [1.29, 1.82) is 0 Å². The lowest BCUT2D eigenvalue weighted by molar-refractivity contribution is -0.382. The molecule has 27 heavy (non-hydrogen) atoms. The highest BCUT2D eigenvalue weighted by Crippen LogP contribution is 2.42. The molecule has 1 heterocycles. The Morgan fingerprint density at radius 3 is 2.56 bits per heavy atom. The van der Waals surface area contributed by atoms with Crippen molar-refractivity contribution in [3.63, 3.8) is 0 Å². The smallest absolute Gasteiger partial charge is 0.341 e. The third-order valence-corrected chi connectivity index (χ3v) is 4.24. The van der Waals surface area contributed by atoms with Crippen molar-refractivity contribution in [2.24, 2.45) is 0 Å². The van der Waals surface area contributed by atoms with Crippen LogP contribution in [0.25, 0.3) is 10.9 Å². The van der Waals surface area contributed by atoms with Crippen LogP contribution in [-0.2, 0) is 4.79 Å². The number of nitro benzene ring substituents is 1. The van der Waals surface area contributed by atoms with Crippen LogP contribution in [0, 0.1) is 15.9 Å². The molecule has 11 heteroatoms. The van der Waals surface area contributed by atoms with Crippen molar-refractivity contribution >= 4 is 34.2 Å². The third kappa shape index (κ3) is 3.30. The van der Waals surface area contributed by atoms with E-state index in [-0.39, 0.29) is 18.1 Å². The Labute approximate surface area is 150 Å². The number of aliphatic carboxylic acids is 1. The summed E-state index contributed by atoms with van der Waals surface area (Å²) in [6, 6.07) is 0.515. The van der Waals surface area contributed by atoms with E-state index < -0.39 is 56.9 Å². The Morgan fingerprint density at radius 2 is 2.04 bits per heavy atom. The van der Waals surface area contributed by atoms with E-state index in [1.165, 1.54) is 4.57 Å². The Kier molecular flexibility index (Phi) is 4.52. The maximum absolute atomic E-state index is 14.5. The van der Waals surface area contributed by atoms with Crippen molar-refractivity contribution in [2.45, 2.75) is 25.3 Å². The highest BCUT2D eigenvalue weighted by molar-refractivity contribution is 5.98. The van der Waals surface area contributed by atoms with Gasteiger partial charge in [-0.3, -0.25) is 19.7 Å². The molecule has 1 saturated carbocycles. The first-order valence-electron chi connectivity index (χ1n) is 7.97. The molecule has 1 aromatic heterocycles. The molecule has 3 rings (SSSR count). The Bertz CT molecular complexity index is 1040. The average molecular weight is 379 g/mol. The van der Waals surface area contributed by atoms with E-state index >= 15 is 0 Å². The number of carbonyl (C=O) groups is 2. The molecule has 142 valence electrons. The van der Waals surface area contributed by atoms with Crippen LogP contribution in [-0.4, -0.2) is 38.2 Å². The Hall–Kier alpha value is -3.50. The van der Waals surface area contributed by atoms with Crippen LogP contribution in [0.5, 0.6) is 0 Å². The summed E-state index contributed by atoms with van der Waals surface area (Å²) >= 11 is 0. The second kappa shape index (κ2) is 6.67. The highest BCUT2D eigenvalue weighted by atomic mass is 19.1. The van der Waals surface area contributed by atoms with E-state index in [2.05, 4.69) is 5.32 Å². The van der Waals surface area contributed by atoms with Crippen LogP contribution in [0.4, 0.5) is 15.8 Å². The van der Waals surface area contributed by atoms with Crippen molar-refractivity contribution in [3.8, 4) is 0 Å². The van der Waals surface area contributed by atoms with Gasteiger partial charge in [-0.1, -0.05) is 0 Å². The number of carboxylic acids is 2. The lowest BCUT2D eigenvalue weighted by atomic mass is 10.1. The molecule has 0 amide bonds. The van der Waals surface area contributed by atoms with Gasteiger partial charge in [-0.2, -0.15) is 0 Å². The fourth-order valence-corrected chi connectivity index (χ4v) is 2.90. The number of pyridine rings is 1. The zero-order valence-electron chi connectivity index (χ0n) is 13.8. The van der Waals surface area contributed by atoms with Crippen LogP contribution < -0.4 is 10.7 Å². The number of nitrogens with one attached hydrogen (secondary N) is 1. The topological polar surface area (TPSA) is 152 Å². The lowest BCUT2D eigenvalue weighted by Crippen LogP contribution is -2.20. The fraction of sp³-hybridized carbons (Fsp3) is 0.312. The first kappa shape index (κ1) is 18.3. The molecular formula is C16H14FN3O7. The first-order chi connectivity index (χ1) is 12.7. The van der Waals surface area contributed by atoms with Gasteiger partial charge in [-0.25, -0.2) is 9.18 Å². The zero-order chi connectivity index (χ0) is 19.9. The first-order valence-corrected chi connectivity index (χ1v) is 7.97. The summed E-state index contributed by atoms with van der Waals surface area (Å²) in [6.45, 7) is -0.264. The number of benzene rings is 1. The number of hydrogen-bond donors (Lipinski definition) is 3. The monoisotopic (exact) mass is 379 g/mol. The number of aromatic nitrogens is 1. The van der Waals surface area contributed by atoms with Gasteiger partial charge >= 0.3 is 17.6 Å². The summed E-state index contributed by atoms with van der Waals surface area (Å²) in [5.41, 5.74) is -3.07. The van der Waals surface area contributed by atoms with E-state index in [0.717, 1.165) is 12.3 Å². The van der Waals surface area contributed by atoms with Crippen molar-refractivity contribution in [2.75, 3.05) is 11.9 Å². The molecule has 3 N–H and O–H groups in total. The van der Waals surface area contributed by atoms with Gasteiger partial charge in [-0.05, 0) is 18.9 Å². The van der Waals surface area contributed by atoms with Gasteiger partial charge in [0.2, 0.25) is 5.43 Å². The third-order valence-electron chi connectivity index (χ3n) is 4.24. The van der Waals surface area contributed by atoms with Crippen LogP contribution >= 0.6 is 0 Å². The van der Waals surface area contributed by atoms with Crippen LogP contribution in [0.2, 0.25) is 0 Å². The molecule has 0 unspecified atom stereocenters. The molecule has 1 fully saturated rings. The van der Waals surface area contributed by atoms with E-state index in [0.29, 0.717) is 12.8 Å². The molecule has 0 spiro atoms. The fourth-order valence-electron chi connectivity index (χ4n) is 2.90. The van der Waals surface area contributed by atoms with Crippen molar-refractivity contribution in [3.05, 3.63) is 44.0 Å². The molecule has 0 bridgehead atoms. The maximum Gasteiger partial charge on any atom is 0.341 e. The average Bonchev–Trinajstić information content (AvgIpc) is 3.40. The Morgan fingerprint density at radius 1 is 1.37 bits per heavy atom. The normalized spacial score (nSPS) is 13.5. The summed E-state index contributed by atoms with van der Waals surface area (Å²) in [6.07, 6.45) is 1.90. The van der Waals surface area contributed by atoms with Crippen LogP contribution in [0.1, 0.15) is 35.7 Å². The lowest BCUT2D eigenvalue weighted by Gasteiger charge is -2.15. The second-order valence-electron chi connectivity index (χ2n) is 6.12. The minimum absolute atomic E-state index is 0.184. The summed E-state index contributed by atoms with van der Waals surface area (Å²) in [7, 11) is 0. The molecule has 0 saturated heterocycles. The maximum atomic E-state index is 14.5. The van der Waals surface area contributed by atoms with E-state index in [4.69, 9.17) is 5.11 Å². The Balaban J connectivity index is 2.33. The minimum atomic E-state index is -1.51. The minimum Gasteiger partial charge on any atom is -0.481 e. The van der Waals surface area contributed by atoms with E-state index in [9.17, 15) is 34.0 Å². The summed E-state index contributed by atoms with van der Waals surface area (Å²) in [5, 5.41) is 31.6. The quantitative estimate of drug-likeness (QED) is 0.488. The molecule has 2 aromatic rings. The van der Waals surface area contributed by atoms with Gasteiger partial charge in [0.1, 0.15) is 11.1 Å². The number of halogens is 1. The molecule has 0 aliphatic heterocycles. The van der Waals surface area contributed by atoms with E-state index in [1.807, 2.05) is 0 Å². The zero-order valence-corrected chi connectivity index (χ0v) is 13.8. The number of hydrogen-bond acceptors (Lipinski definition) is 6. The van der Waals surface area contributed by atoms with Gasteiger partial charge in [-0.15, -0.1) is 0 Å². The molecule has 0 radical (unpaired) electrons. The van der Waals surface area contributed by atoms with Crippen LogP contribution in [0.15, 0.2) is 17.1 Å². The van der Waals surface area contributed by atoms with Gasteiger partial charge in [0.15, 0.2) is 11.5 Å². The highest BCUT2D eigenvalue weighted by Gasteiger charge is 2.33. The summed E-state index contributed by atoms with van der Waals surface area (Å²) < 4.78 is 15.8. The predicted octanol–water partition coefficient (Wildman–Crippen LogP) is 1.97. The van der Waals surface area contributed by atoms with Crippen molar-refractivity contribution in [1.82, 2.24) is 4.57 Å². The standard InChI is InChI=1S/C16H14FN3O7/c17-10-5-8-13(14(20(26)27)12(10)18-4-3-11(21)22)19(7-1-2-7)6-9(15(8)23)16(24)25/h5-7,18H,1-4H2,(H,21,22)(H,24,25). The van der Waals surface area contributed by atoms with Crippen LogP contribution in [0.3, 0.4) is 0 Å². The van der Waals surface area contributed by atoms with E-state index in [1.54, 1.807) is 0 Å². The number of rotatable bonds is 7. The summed E-state index contributed by atoms with van der Waals surface area (Å²) in [4.78, 5) is 45.2. The number of nitro groups is 1. The molecular weight excluding hydrogens is 365 g/mol. The molecule has 1 aromatic carbocycles. The number of carboxylic acid groups (broad SMARTS) is 2. The van der Waals surface area contributed by atoms with Gasteiger partial charge in [0.05, 0.1) is 16.7 Å². The largest absolute Gasteiger partial charge is 0.481 e. The summed E-state index contributed by atoms with van der Waals surface area (Å²) in [5.74, 6) is -3.82. The SMILES string of the molecule is O=C(O)CCNc1c(F)cc2c(=O)c(C(=O)O)cn(C3CC3)c2c1[N+](=O)[O-]. The number of nitrogens with zero attached hydrogens (tertiary/aromatic N) is 2. The molecule has 1 aliphatic carbocycles. The molecule has 0 atom stereocenters. The van der Waals surface area contributed by atoms with Gasteiger partial charge in [0, 0.05) is 18.8 Å². The number of fused-ring (bicyclic) bond motifs is 1. The molecule has 1 aliphatic rings. The van der Waals surface area contributed by atoms with Gasteiger partial charge < -0.3 is 20.1 Å².